The fourth-order valence-electron chi connectivity index (χ4n) is 12.2. The first-order valence-electron chi connectivity index (χ1n) is 31.4. The molecule has 0 atom stereocenters. The molecular weight excluding hydrogens is 969 g/mol. The minimum atomic E-state index is -2.16. The third-order valence-electron chi connectivity index (χ3n) is 15.5. The van der Waals surface area contributed by atoms with Gasteiger partial charge in [-0.05, 0) is 111 Å². The average molecular weight is 1030 g/mol. The maximum Gasteiger partial charge on any atom is 0.0714 e. The summed E-state index contributed by atoms with van der Waals surface area (Å²) in [5.41, 5.74) is 6.94. The predicted molar refractivity (Wildman–Crippen MR) is 329 cm³/mol. The van der Waals surface area contributed by atoms with Crippen LogP contribution in [0.1, 0.15) is 38.7 Å². The maximum absolute atomic E-state index is 9.89. The molecule has 2 nitrogen and oxygen atoms in total. The van der Waals surface area contributed by atoms with Crippen LogP contribution in [0.4, 0.5) is 17.1 Å². The van der Waals surface area contributed by atoms with Crippen molar-refractivity contribution in [3.05, 3.63) is 301 Å². The first-order chi connectivity index (χ1) is 43.1. The second kappa shape index (κ2) is 17.4. The smallest absolute Gasteiger partial charge is 0.0714 e. The van der Waals surface area contributed by atoms with Crippen LogP contribution in [0.3, 0.4) is 0 Å². The Bertz CT molecular complexity index is 5340. The van der Waals surface area contributed by atoms with Crippen LogP contribution in [0.2, 0.25) is 0 Å². The number of hydrogen-bond donors (Lipinski definition) is 0. The molecule has 3 heterocycles. The third kappa shape index (κ3) is 6.59. The minimum absolute atomic E-state index is 0.0305. The predicted octanol–water partition coefficient (Wildman–Crippen LogP) is 20.7. The highest BCUT2D eigenvalue weighted by Crippen LogP contribution is 2.58. The fourth-order valence-corrected chi connectivity index (χ4v) is 14.7. The molecule has 3 aromatic heterocycles. The monoisotopic (exact) mass is 1030 g/mol. The summed E-state index contributed by atoms with van der Waals surface area (Å²) < 4.78 is 118. The number of thiophene rings is 2. The van der Waals surface area contributed by atoms with Crippen molar-refractivity contribution < 1.29 is 16.4 Å². The van der Waals surface area contributed by atoms with E-state index in [0.29, 0.717) is 11.3 Å². The van der Waals surface area contributed by atoms with Crippen molar-refractivity contribution in [1.82, 2.24) is 4.57 Å². The Morgan fingerprint density at radius 3 is 1.52 bits per heavy atom. The number of nitrogens with zero attached hydrogens (tertiary/aromatic N) is 2. The lowest BCUT2D eigenvalue weighted by molar-refractivity contribution is 0.768. The average Bonchev–Trinajstić information content (AvgIpc) is 1.55. The van der Waals surface area contributed by atoms with Crippen LogP contribution in [-0.2, 0) is 5.41 Å². The molecule has 0 saturated carbocycles. The number of para-hydroxylation sites is 1. The van der Waals surface area contributed by atoms with Gasteiger partial charge in [0.2, 0.25) is 0 Å². The van der Waals surface area contributed by atoms with Crippen LogP contribution >= 0.6 is 22.7 Å². The van der Waals surface area contributed by atoms with Crippen LogP contribution in [0.5, 0.6) is 0 Å². The zero-order chi connectivity index (χ0) is 61.0. The van der Waals surface area contributed by atoms with Crippen molar-refractivity contribution in [3.8, 4) is 39.1 Å². The first-order valence-corrected chi connectivity index (χ1v) is 27.0. The molecule has 15 aromatic rings. The van der Waals surface area contributed by atoms with E-state index < -0.39 is 77.9 Å². The number of aromatic nitrogens is 1. The fraction of sp³-hybridized carbons (Fsp3) is 0.0137. The van der Waals surface area contributed by atoms with Crippen LogP contribution in [0.15, 0.2) is 279 Å². The Balaban J connectivity index is 0.949. The lowest BCUT2D eigenvalue weighted by atomic mass is 9.68. The molecule has 12 aromatic carbocycles. The summed E-state index contributed by atoms with van der Waals surface area (Å²) in [6, 6.07) is 62.9. The maximum atomic E-state index is 9.89. The van der Waals surface area contributed by atoms with Gasteiger partial charge in [0.15, 0.2) is 0 Å². The van der Waals surface area contributed by atoms with Gasteiger partial charge in [-0.25, -0.2) is 0 Å². The molecule has 0 saturated heterocycles. The molecule has 0 spiro atoms. The quantitative estimate of drug-likeness (QED) is 0.147. The summed E-state index contributed by atoms with van der Waals surface area (Å²) in [7, 11) is 0. The van der Waals surface area contributed by atoms with Gasteiger partial charge in [-0.2, -0.15) is 0 Å². The third-order valence-corrected chi connectivity index (χ3v) is 17.9. The molecule has 16 rings (SSSR count). The zero-order valence-electron chi connectivity index (χ0n) is 52.8. The Morgan fingerprint density at radius 2 is 0.883 bits per heavy atom. The standard InChI is InChI=1S/C73H46N2S2/c1-3-18-49(19-4-1)73(50-20-5-2-6-21-50)63-30-11-7-25-62(63)70-64(73)31-17-33-66(70)75-65-32-12-8-22-56(65)57-45-44-53(46-67(57)75)74(51-40-36-47(37-41-51)54-26-15-28-60-58-23-9-13-34-68(58)76-71(54)60)52-42-38-48(39-43-52)55-27-16-29-61-59-24-10-14-35-69(59)77-72(55)61/h1-46H/i1D,2D,3D,4D,5D,6D,7D,11D,18D,20D,25D,30D. The highest BCUT2D eigenvalue weighted by atomic mass is 32.1. The topological polar surface area (TPSA) is 8.17 Å². The van der Waals surface area contributed by atoms with Gasteiger partial charge in [0.05, 0.1) is 38.6 Å². The molecular formula is C73H46N2S2. The molecule has 0 N–H and O–H groups in total. The van der Waals surface area contributed by atoms with Crippen LogP contribution in [0, 0.1) is 0 Å². The van der Waals surface area contributed by atoms with E-state index in [2.05, 4.69) is 161 Å². The molecule has 4 heteroatoms. The molecule has 0 bridgehead atoms. The largest absolute Gasteiger partial charge is 0.310 e. The van der Waals surface area contributed by atoms with Gasteiger partial charge in [0, 0.05) is 73.7 Å². The van der Waals surface area contributed by atoms with Crippen molar-refractivity contribution in [2.75, 3.05) is 4.90 Å². The highest BCUT2D eigenvalue weighted by Gasteiger charge is 2.47. The molecule has 0 aliphatic heterocycles. The van der Waals surface area contributed by atoms with Crippen molar-refractivity contribution in [2.45, 2.75) is 5.41 Å². The van der Waals surface area contributed by atoms with Gasteiger partial charge in [-0.1, -0.05) is 218 Å². The van der Waals surface area contributed by atoms with E-state index in [1.165, 1.54) is 52.5 Å². The first kappa shape index (κ1) is 33.6. The second-order valence-corrected chi connectivity index (χ2v) is 21.5. The van der Waals surface area contributed by atoms with Crippen molar-refractivity contribution >= 4 is 102 Å². The van der Waals surface area contributed by atoms with E-state index in [1.807, 2.05) is 30.3 Å². The molecule has 77 heavy (non-hydrogen) atoms. The summed E-state index contributed by atoms with van der Waals surface area (Å²) in [6.45, 7) is 0. The highest BCUT2D eigenvalue weighted by molar-refractivity contribution is 7.26. The van der Waals surface area contributed by atoms with E-state index >= 15 is 0 Å². The summed E-state index contributed by atoms with van der Waals surface area (Å²) in [4.78, 5) is 2.23. The molecule has 0 amide bonds. The van der Waals surface area contributed by atoms with Crippen LogP contribution in [0.25, 0.3) is 101 Å². The Morgan fingerprint density at radius 1 is 0.364 bits per heavy atom. The zero-order valence-corrected chi connectivity index (χ0v) is 42.5. The Hall–Kier alpha value is -9.32. The number of fused-ring (bicyclic) bond motifs is 12. The molecule has 1 aliphatic rings. The van der Waals surface area contributed by atoms with Crippen molar-refractivity contribution in [3.63, 3.8) is 0 Å². The van der Waals surface area contributed by atoms with Gasteiger partial charge in [0.1, 0.15) is 0 Å². The van der Waals surface area contributed by atoms with E-state index in [-0.39, 0.29) is 27.8 Å². The summed E-state index contributed by atoms with van der Waals surface area (Å²) in [5, 5.41) is 6.63. The van der Waals surface area contributed by atoms with Gasteiger partial charge in [-0.15, -0.1) is 22.7 Å². The lowest BCUT2D eigenvalue weighted by Gasteiger charge is -2.34. The molecule has 360 valence electrons. The number of anilines is 3. The summed E-state index contributed by atoms with van der Waals surface area (Å²) in [6.07, 6.45) is 0. The van der Waals surface area contributed by atoms with E-state index in [1.54, 1.807) is 34.8 Å². The normalized spacial score (nSPS) is 15.0. The summed E-state index contributed by atoms with van der Waals surface area (Å²) >= 11 is 3.58. The van der Waals surface area contributed by atoms with Crippen LogP contribution in [-0.4, -0.2) is 4.57 Å². The second-order valence-electron chi connectivity index (χ2n) is 19.4. The number of benzene rings is 12. The Labute approximate surface area is 471 Å². The number of hydrogen-bond acceptors (Lipinski definition) is 3. The van der Waals surface area contributed by atoms with E-state index in [4.69, 9.17) is 8.22 Å². The van der Waals surface area contributed by atoms with Gasteiger partial charge in [-0.3, -0.25) is 0 Å². The lowest BCUT2D eigenvalue weighted by Crippen LogP contribution is -2.28. The van der Waals surface area contributed by atoms with E-state index in [9.17, 15) is 8.22 Å². The molecule has 0 unspecified atom stereocenters. The number of rotatable bonds is 8. The van der Waals surface area contributed by atoms with Crippen molar-refractivity contribution in [2.24, 2.45) is 0 Å². The van der Waals surface area contributed by atoms with Crippen LogP contribution < -0.4 is 4.90 Å². The minimum Gasteiger partial charge on any atom is -0.310 e. The molecule has 0 radical (unpaired) electrons. The van der Waals surface area contributed by atoms with Gasteiger partial charge in [0.25, 0.3) is 0 Å². The van der Waals surface area contributed by atoms with Gasteiger partial charge >= 0.3 is 0 Å². The Kier molecular flexibility index (Phi) is 7.57. The van der Waals surface area contributed by atoms with Crippen molar-refractivity contribution in [1.29, 1.82) is 0 Å². The molecule has 1 aliphatic carbocycles. The van der Waals surface area contributed by atoms with E-state index in [0.717, 1.165) is 61.1 Å². The summed E-state index contributed by atoms with van der Waals surface area (Å²) in [5.74, 6) is 0. The molecule has 0 fully saturated rings. The van der Waals surface area contributed by atoms with Gasteiger partial charge < -0.3 is 9.47 Å². The SMILES string of the molecule is [2H]c1cc(C2(c3cc([2H])c([2H])c([2H])c3[2H])c3cccc(-n4c5ccccc5c5ccc(N(c6ccc(-c7cccc8c7sc7ccccc78)cc6)c6ccc(-c7cccc8c7sc7ccccc78)cc6)cc54)c3-c3c([2H])c([2H])c([2H])c([2H])c32)c([2H])c([2H])c1[2H].